The molecular weight excluding hydrogens is 190 g/mol. The normalized spacial score (nSPS) is 13.6. The third-order valence-corrected chi connectivity index (χ3v) is 3.06. The highest BCUT2D eigenvalue weighted by Gasteiger charge is 2.08. The molecule has 0 unspecified atom stereocenters. The van der Waals surface area contributed by atoms with Gasteiger partial charge in [-0.25, -0.2) is 0 Å². The quantitative estimate of drug-likeness (QED) is 0.620. The van der Waals surface area contributed by atoms with Crippen LogP contribution in [-0.4, -0.2) is 11.5 Å². The van der Waals surface area contributed by atoms with Crippen molar-refractivity contribution in [2.24, 2.45) is 4.99 Å². The zero-order valence-electron chi connectivity index (χ0n) is 9.29. The predicted octanol–water partition coefficient (Wildman–Crippen LogP) is 4.22. The number of aryl methyl sites for hydroxylation is 1. The van der Waals surface area contributed by atoms with E-state index in [4.69, 9.17) is 0 Å². The van der Waals surface area contributed by atoms with Gasteiger partial charge in [0.15, 0.2) is 0 Å². The second kappa shape index (κ2) is 5.20. The summed E-state index contributed by atoms with van der Waals surface area (Å²) in [6, 6.07) is 6.41. The Morgan fingerprint density at radius 3 is 2.64 bits per heavy atom. The zero-order valence-corrected chi connectivity index (χ0v) is 10.1. The van der Waals surface area contributed by atoms with E-state index >= 15 is 0 Å². The lowest BCUT2D eigenvalue weighted by molar-refractivity contribution is 1.29. The van der Waals surface area contributed by atoms with Crippen molar-refractivity contribution in [2.45, 2.75) is 32.6 Å². The predicted molar refractivity (Wildman–Crippen MR) is 66.0 cm³/mol. The van der Waals surface area contributed by atoms with Crippen LogP contribution in [0.2, 0.25) is 0 Å². The number of aliphatic imine (C=N–C) groups is 1. The summed E-state index contributed by atoms with van der Waals surface area (Å²) in [6.07, 6.45) is 0. The second-order valence-electron chi connectivity index (χ2n) is 3.11. The van der Waals surface area contributed by atoms with Gasteiger partial charge >= 0.3 is 0 Å². The number of nitrogens with zero attached hydrogens (tertiary/aromatic N) is 1. The third-order valence-electron chi connectivity index (χ3n) is 1.86. The van der Waals surface area contributed by atoms with Gasteiger partial charge in [0, 0.05) is 16.4 Å². The van der Waals surface area contributed by atoms with Crippen molar-refractivity contribution in [3.05, 3.63) is 23.8 Å². The molecule has 1 heterocycles. The smallest absolute Gasteiger partial charge is 0.0765 e. The van der Waals surface area contributed by atoms with Gasteiger partial charge in [0.25, 0.3) is 0 Å². The number of rotatable bonds is 0. The molecule has 0 aromatic heterocycles. The molecule has 0 aliphatic carbocycles. The molecule has 1 aromatic carbocycles. The summed E-state index contributed by atoms with van der Waals surface area (Å²) in [7, 11) is 0. The molecule has 14 heavy (non-hydrogen) atoms. The van der Waals surface area contributed by atoms with Crippen molar-refractivity contribution < 1.29 is 0 Å². The Labute approximate surface area is 90.6 Å². The molecule has 76 valence electrons. The minimum Gasteiger partial charge on any atom is -0.256 e. The van der Waals surface area contributed by atoms with E-state index in [1.54, 1.807) is 0 Å². The highest BCUT2D eigenvalue weighted by molar-refractivity contribution is 8.00. The molecule has 1 nitrogen and oxygen atoms in total. The molecule has 0 amide bonds. The van der Waals surface area contributed by atoms with Gasteiger partial charge in [-0.05, 0) is 31.5 Å². The van der Waals surface area contributed by atoms with Gasteiger partial charge in [-0.15, -0.1) is 11.8 Å². The maximum absolute atomic E-state index is 4.48. The van der Waals surface area contributed by atoms with E-state index in [-0.39, 0.29) is 0 Å². The average molecular weight is 207 g/mol. The first-order valence-electron chi connectivity index (χ1n) is 5.03. The lowest BCUT2D eigenvalue weighted by Crippen LogP contribution is -1.99. The molecule has 1 aliphatic heterocycles. The maximum Gasteiger partial charge on any atom is 0.0765 e. The summed E-state index contributed by atoms with van der Waals surface area (Å²) >= 11 is 1.88. The van der Waals surface area contributed by atoms with Crippen LogP contribution >= 0.6 is 11.8 Å². The topological polar surface area (TPSA) is 12.4 Å². The van der Waals surface area contributed by atoms with E-state index < -0.39 is 0 Å². The number of benzene rings is 1. The Hall–Kier alpha value is -0.760. The van der Waals surface area contributed by atoms with Crippen molar-refractivity contribution in [1.29, 1.82) is 0 Å². The van der Waals surface area contributed by atoms with E-state index in [2.05, 4.69) is 37.0 Å². The standard InChI is InChI=1S/C10H11NS.C2H6/c1-7-3-4-9-10(5-7)12-6-8(2)11-9;1-2/h3-5H,6H2,1-2H3;1-2H3. The first-order chi connectivity index (χ1) is 6.75. The Morgan fingerprint density at radius 1 is 1.21 bits per heavy atom. The van der Waals surface area contributed by atoms with E-state index in [1.807, 2.05) is 25.6 Å². The number of hydrogen-bond acceptors (Lipinski definition) is 2. The molecule has 1 aliphatic rings. The lowest BCUT2D eigenvalue weighted by atomic mass is 10.2. The monoisotopic (exact) mass is 207 g/mol. The Morgan fingerprint density at radius 2 is 1.93 bits per heavy atom. The first kappa shape index (κ1) is 11.3. The summed E-state index contributed by atoms with van der Waals surface area (Å²) in [5.41, 5.74) is 3.67. The molecule has 0 bridgehead atoms. The lowest BCUT2D eigenvalue weighted by Gasteiger charge is -2.12. The average Bonchev–Trinajstić information content (AvgIpc) is 2.21. The molecular formula is C12H17NS. The van der Waals surface area contributed by atoms with Crippen LogP contribution in [0.4, 0.5) is 5.69 Å². The van der Waals surface area contributed by atoms with Crippen LogP contribution in [0, 0.1) is 6.92 Å². The summed E-state index contributed by atoms with van der Waals surface area (Å²) in [6.45, 7) is 8.20. The van der Waals surface area contributed by atoms with Gasteiger partial charge in [0.1, 0.15) is 0 Å². The molecule has 1 aromatic rings. The SMILES string of the molecule is CC.CC1=Nc2ccc(C)cc2SC1. The maximum atomic E-state index is 4.48. The van der Waals surface area contributed by atoms with E-state index in [0.717, 1.165) is 11.4 Å². The fourth-order valence-corrected chi connectivity index (χ4v) is 2.21. The number of thioether (sulfide) groups is 1. The zero-order chi connectivity index (χ0) is 10.6. The molecule has 0 spiro atoms. The first-order valence-corrected chi connectivity index (χ1v) is 6.02. The van der Waals surface area contributed by atoms with Gasteiger partial charge in [0.2, 0.25) is 0 Å². The van der Waals surface area contributed by atoms with Crippen LogP contribution < -0.4 is 0 Å². The Bertz CT molecular complexity index is 342. The molecule has 0 atom stereocenters. The highest BCUT2D eigenvalue weighted by Crippen LogP contribution is 2.34. The van der Waals surface area contributed by atoms with Crippen molar-refractivity contribution in [1.82, 2.24) is 0 Å². The van der Waals surface area contributed by atoms with Gasteiger partial charge in [-0.2, -0.15) is 0 Å². The minimum absolute atomic E-state index is 1.04. The summed E-state index contributed by atoms with van der Waals surface area (Å²) < 4.78 is 0. The second-order valence-corrected chi connectivity index (χ2v) is 4.12. The van der Waals surface area contributed by atoms with Gasteiger partial charge in [-0.1, -0.05) is 19.9 Å². The van der Waals surface area contributed by atoms with Gasteiger partial charge < -0.3 is 0 Å². The van der Waals surface area contributed by atoms with Crippen molar-refractivity contribution in [2.75, 3.05) is 5.75 Å². The Balaban J connectivity index is 0.000000461. The fourth-order valence-electron chi connectivity index (χ4n) is 1.25. The summed E-state index contributed by atoms with van der Waals surface area (Å²) in [4.78, 5) is 5.80. The van der Waals surface area contributed by atoms with Crippen LogP contribution in [0.15, 0.2) is 28.1 Å². The van der Waals surface area contributed by atoms with E-state index in [1.165, 1.54) is 16.2 Å². The molecule has 0 saturated carbocycles. The molecule has 2 heteroatoms. The molecule has 0 fully saturated rings. The van der Waals surface area contributed by atoms with Crippen LogP contribution in [0.5, 0.6) is 0 Å². The van der Waals surface area contributed by atoms with Crippen LogP contribution in [0.3, 0.4) is 0 Å². The fraction of sp³-hybridized carbons (Fsp3) is 0.417. The number of hydrogen-bond donors (Lipinski definition) is 0. The largest absolute Gasteiger partial charge is 0.256 e. The Kier molecular flexibility index (Phi) is 4.21. The van der Waals surface area contributed by atoms with E-state index in [9.17, 15) is 0 Å². The highest BCUT2D eigenvalue weighted by atomic mass is 32.2. The molecule has 0 radical (unpaired) electrons. The third kappa shape index (κ3) is 2.61. The molecule has 0 N–H and O–H groups in total. The van der Waals surface area contributed by atoms with Crippen molar-refractivity contribution in [3.63, 3.8) is 0 Å². The van der Waals surface area contributed by atoms with E-state index in [0.29, 0.717) is 0 Å². The summed E-state index contributed by atoms with van der Waals surface area (Å²) in [5, 5.41) is 0. The van der Waals surface area contributed by atoms with Crippen LogP contribution in [0.1, 0.15) is 26.3 Å². The van der Waals surface area contributed by atoms with Crippen molar-refractivity contribution >= 4 is 23.2 Å². The molecule has 2 rings (SSSR count). The van der Waals surface area contributed by atoms with Crippen LogP contribution in [-0.2, 0) is 0 Å². The molecule has 0 saturated heterocycles. The number of fused-ring (bicyclic) bond motifs is 1. The van der Waals surface area contributed by atoms with Gasteiger partial charge in [-0.3, -0.25) is 4.99 Å². The van der Waals surface area contributed by atoms with Crippen molar-refractivity contribution in [3.8, 4) is 0 Å². The van der Waals surface area contributed by atoms with Crippen LogP contribution in [0.25, 0.3) is 0 Å². The summed E-state index contributed by atoms with van der Waals surface area (Å²) in [5.74, 6) is 1.04. The minimum atomic E-state index is 1.04. The van der Waals surface area contributed by atoms with Gasteiger partial charge in [0.05, 0.1) is 5.69 Å².